The van der Waals surface area contributed by atoms with E-state index in [1.165, 1.54) is 0 Å². The van der Waals surface area contributed by atoms with Gasteiger partial charge in [0.05, 0.1) is 5.70 Å². The molecule has 174 valence electrons. The third-order valence-corrected chi connectivity index (χ3v) is 6.31. The molecule has 2 aromatic rings. The van der Waals surface area contributed by atoms with E-state index in [1.807, 2.05) is 37.4 Å². The zero-order chi connectivity index (χ0) is 23.8. The molecule has 1 amide bonds. The largest absolute Gasteiger partial charge is 0.355 e. The molecule has 33 heavy (non-hydrogen) atoms. The lowest BCUT2D eigenvalue weighted by atomic mass is 9.84. The second-order valence-electron chi connectivity index (χ2n) is 10.5. The van der Waals surface area contributed by atoms with Crippen molar-refractivity contribution in [2.45, 2.75) is 51.5 Å². The molecule has 1 saturated carbocycles. The second kappa shape index (κ2) is 8.58. The van der Waals surface area contributed by atoms with Crippen molar-refractivity contribution in [3.63, 3.8) is 0 Å². The van der Waals surface area contributed by atoms with Crippen LogP contribution in [0.15, 0.2) is 54.0 Å². The number of rotatable bonds is 6. The maximum atomic E-state index is 12.6. The van der Waals surface area contributed by atoms with Gasteiger partial charge in [0.15, 0.2) is 5.96 Å². The first-order valence-corrected chi connectivity index (χ1v) is 11.6. The number of hydrogen-bond donors (Lipinski definition) is 3. The number of likely N-dealkylation sites (N-methyl/N-ethyl adjacent to an activating group) is 1. The summed E-state index contributed by atoms with van der Waals surface area (Å²) in [6.45, 7) is 14.7. The molecular formula is C27H35N5O. The van der Waals surface area contributed by atoms with Crippen LogP contribution in [0.4, 0.5) is 11.4 Å². The number of guanidine groups is 1. The summed E-state index contributed by atoms with van der Waals surface area (Å²) in [5.74, 6) is 0.834. The van der Waals surface area contributed by atoms with Crippen molar-refractivity contribution >= 4 is 28.9 Å². The molecule has 1 heterocycles. The normalized spacial score (nSPS) is 18.1. The van der Waals surface area contributed by atoms with Gasteiger partial charge in [0.1, 0.15) is 0 Å². The van der Waals surface area contributed by atoms with Crippen LogP contribution in [0.3, 0.4) is 0 Å². The van der Waals surface area contributed by atoms with E-state index in [-0.39, 0.29) is 16.9 Å². The fourth-order valence-electron chi connectivity index (χ4n) is 3.90. The molecule has 2 aromatic carbocycles. The molecule has 0 spiro atoms. The fourth-order valence-corrected chi connectivity index (χ4v) is 3.90. The van der Waals surface area contributed by atoms with Crippen LogP contribution >= 0.6 is 0 Å². The number of benzene rings is 2. The number of nitrogens with zero attached hydrogens (tertiary/aromatic N) is 2. The first kappa shape index (κ1) is 22.9. The number of aliphatic imine (C=N–C) groups is 1. The Morgan fingerprint density at radius 1 is 1.15 bits per heavy atom. The van der Waals surface area contributed by atoms with Gasteiger partial charge in [0.2, 0.25) is 0 Å². The lowest BCUT2D eigenvalue weighted by Crippen LogP contribution is -2.34. The van der Waals surface area contributed by atoms with Crippen molar-refractivity contribution in [2.24, 2.45) is 4.99 Å². The van der Waals surface area contributed by atoms with Gasteiger partial charge in [0.25, 0.3) is 5.91 Å². The Hall–Kier alpha value is -3.28. The van der Waals surface area contributed by atoms with E-state index in [0.29, 0.717) is 5.56 Å². The molecule has 0 aromatic heterocycles. The third-order valence-electron chi connectivity index (χ3n) is 6.31. The average Bonchev–Trinajstić information content (AvgIpc) is 3.35. The summed E-state index contributed by atoms with van der Waals surface area (Å²) >= 11 is 0. The van der Waals surface area contributed by atoms with Gasteiger partial charge in [-0.15, -0.1) is 0 Å². The quantitative estimate of drug-likeness (QED) is 0.593. The summed E-state index contributed by atoms with van der Waals surface area (Å²) in [6, 6.07) is 14.0. The Bertz CT molecular complexity index is 1110. The fraction of sp³-hybridized carbons (Fsp3) is 0.407. The molecule has 4 rings (SSSR count). The molecule has 0 atom stereocenters. The van der Waals surface area contributed by atoms with Crippen LogP contribution in [-0.4, -0.2) is 42.4 Å². The monoisotopic (exact) mass is 445 g/mol. The van der Waals surface area contributed by atoms with Crippen LogP contribution < -0.4 is 16.0 Å². The van der Waals surface area contributed by atoms with E-state index in [1.54, 1.807) is 0 Å². The van der Waals surface area contributed by atoms with Crippen LogP contribution in [0.5, 0.6) is 0 Å². The number of hydrogen-bond acceptors (Lipinski definition) is 3. The predicted octanol–water partition coefficient (Wildman–Crippen LogP) is 4.87. The Balaban J connectivity index is 1.58. The van der Waals surface area contributed by atoms with Crippen molar-refractivity contribution in [1.29, 1.82) is 0 Å². The lowest BCUT2D eigenvalue weighted by molar-refractivity contribution is 0.0935. The molecule has 1 saturated heterocycles. The summed E-state index contributed by atoms with van der Waals surface area (Å²) in [5, 5.41) is 9.96. The van der Waals surface area contributed by atoms with Crippen molar-refractivity contribution in [3.8, 4) is 0 Å². The smallest absolute Gasteiger partial charge is 0.251 e. The van der Waals surface area contributed by atoms with Crippen LogP contribution in [0.2, 0.25) is 0 Å². The Morgan fingerprint density at radius 3 is 2.55 bits per heavy atom. The van der Waals surface area contributed by atoms with Gasteiger partial charge < -0.3 is 20.9 Å². The van der Waals surface area contributed by atoms with Gasteiger partial charge in [0, 0.05) is 48.2 Å². The average molecular weight is 446 g/mol. The van der Waals surface area contributed by atoms with E-state index in [9.17, 15) is 4.79 Å². The summed E-state index contributed by atoms with van der Waals surface area (Å²) in [6.07, 6.45) is 2.09. The standard InChI is InChI=1S/C27H35N5O/c1-18(29-25-28-14-15-32(25)6)19-10-11-23(22(17-19)26(2,3)4)30-21-9-7-8-20(16-21)24(33)31-27(5)12-13-27/h7-11,16-17,30H,1,12-15H2,2-6H3,(H,28,29)(H,31,33). The predicted molar refractivity (Wildman–Crippen MR) is 137 cm³/mol. The molecule has 0 bridgehead atoms. The third kappa shape index (κ3) is 5.38. The number of carbonyl (C=O) groups is 1. The van der Waals surface area contributed by atoms with Crippen molar-refractivity contribution in [3.05, 3.63) is 65.7 Å². The summed E-state index contributed by atoms with van der Waals surface area (Å²) in [5.41, 5.74) is 5.32. The van der Waals surface area contributed by atoms with E-state index < -0.39 is 0 Å². The van der Waals surface area contributed by atoms with E-state index in [0.717, 1.165) is 60.1 Å². The molecule has 1 aliphatic heterocycles. The second-order valence-corrected chi connectivity index (χ2v) is 10.5. The minimum Gasteiger partial charge on any atom is -0.355 e. The molecule has 0 unspecified atom stereocenters. The maximum Gasteiger partial charge on any atom is 0.251 e. The van der Waals surface area contributed by atoms with Crippen molar-refractivity contribution in [2.75, 3.05) is 25.5 Å². The van der Waals surface area contributed by atoms with E-state index in [2.05, 4.69) is 67.3 Å². The van der Waals surface area contributed by atoms with Crippen LogP contribution in [0, 0.1) is 0 Å². The summed E-state index contributed by atoms with van der Waals surface area (Å²) in [7, 11) is 2.03. The molecule has 3 N–H and O–H groups in total. The first-order chi connectivity index (χ1) is 15.5. The summed E-state index contributed by atoms with van der Waals surface area (Å²) in [4.78, 5) is 19.4. The highest BCUT2D eigenvalue weighted by Crippen LogP contribution is 2.36. The molecule has 2 fully saturated rings. The highest BCUT2D eigenvalue weighted by atomic mass is 16.1. The topological polar surface area (TPSA) is 68.8 Å². The number of amides is 1. The van der Waals surface area contributed by atoms with Gasteiger partial charge in [-0.3, -0.25) is 4.79 Å². The Labute approximate surface area is 197 Å². The summed E-state index contributed by atoms with van der Waals surface area (Å²) < 4.78 is 0. The highest BCUT2D eigenvalue weighted by Gasteiger charge is 2.38. The van der Waals surface area contributed by atoms with Crippen LogP contribution in [0.1, 0.15) is 62.0 Å². The number of nitrogens with one attached hydrogen (secondary N) is 3. The van der Waals surface area contributed by atoms with Gasteiger partial charge in [-0.05, 0) is 61.1 Å². The zero-order valence-electron chi connectivity index (χ0n) is 20.4. The number of anilines is 2. The molecule has 6 nitrogen and oxygen atoms in total. The molecular weight excluding hydrogens is 410 g/mol. The van der Waals surface area contributed by atoms with Crippen LogP contribution in [0.25, 0.3) is 5.70 Å². The number of carbonyl (C=O) groups excluding carboxylic acids is 1. The minimum absolute atomic E-state index is 0.0223. The van der Waals surface area contributed by atoms with E-state index in [4.69, 9.17) is 4.99 Å². The minimum atomic E-state index is -0.0935. The highest BCUT2D eigenvalue weighted by molar-refractivity contribution is 5.96. The van der Waals surface area contributed by atoms with Crippen molar-refractivity contribution in [1.82, 2.24) is 15.5 Å². The maximum absolute atomic E-state index is 12.6. The van der Waals surface area contributed by atoms with Gasteiger partial charge in [-0.1, -0.05) is 39.5 Å². The molecule has 6 heteroatoms. The van der Waals surface area contributed by atoms with Gasteiger partial charge in [-0.25, -0.2) is 4.99 Å². The van der Waals surface area contributed by atoms with Gasteiger partial charge in [-0.2, -0.15) is 0 Å². The van der Waals surface area contributed by atoms with E-state index >= 15 is 0 Å². The zero-order valence-corrected chi connectivity index (χ0v) is 20.4. The Kier molecular flexibility index (Phi) is 5.95. The Morgan fingerprint density at radius 2 is 1.91 bits per heavy atom. The SMILES string of the molecule is C=C(/N=C1\NCCN1C)c1ccc(Nc2cccc(C(=O)NC3(C)CC3)c2)c(C(C)(C)C)c1. The van der Waals surface area contributed by atoms with Gasteiger partial charge >= 0.3 is 0 Å². The van der Waals surface area contributed by atoms with Crippen molar-refractivity contribution < 1.29 is 4.79 Å². The first-order valence-electron chi connectivity index (χ1n) is 11.6. The molecule has 0 radical (unpaired) electrons. The molecule has 1 aliphatic carbocycles. The van der Waals surface area contributed by atoms with Crippen LogP contribution in [-0.2, 0) is 5.41 Å². The molecule has 2 aliphatic rings. The lowest BCUT2D eigenvalue weighted by Gasteiger charge is -2.25.